The van der Waals surface area contributed by atoms with Gasteiger partial charge in [0.2, 0.25) is 5.88 Å². The maximum Gasteiger partial charge on any atom is 0.257 e. The molecule has 2 heterocycles. The Morgan fingerprint density at radius 3 is 2.53 bits per heavy atom. The molecule has 2 fully saturated rings. The van der Waals surface area contributed by atoms with E-state index in [-0.39, 0.29) is 11.9 Å². The Morgan fingerprint density at radius 2 is 1.80 bits per heavy atom. The van der Waals surface area contributed by atoms with Gasteiger partial charge in [-0.1, -0.05) is 12.5 Å². The van der Waals surface area contributed by atoms with E-state index in [1.54, 1.807) is 24.5 Å². The smallest absolute Gasteiger partial charge is 0.257 e. The van der Waals surface area contributed by atoms with Crippen LogP contribution in [0.15, 0.2) is 67.0 Å². The minimum atomic E-state index is -0.107. The first-order valence-corrected chi connectivity index (χ1v) is 10.5. The standard InChI is InChI=1S/C24H24N4O2/c29-23(28-21-15-16-6-7-17(21)14-16)20-4-3-13-26-24(20)30-19-10-8-18(9-11-19)27-22-5-1-2-12-25-22/h1-5,8-13,16-17,21H,6-7,14-15H2,(H,25,27)(H,28,29)/t16-,17+,21+/m0/s1. The number of amides is 1. The zero-order valence-corrected chi connectivity index (χ0v) is 16.6. The second-order valence-corrected chi connectivity index (χ2v) is 8.08. The molecule has 0 aliphatic heterocycles. The maximum atomic E-state index is 12.9. The molecule has 6 nitrogen and oxygen atoms in total. The van der Waals surface area contributed by atoms with Gasteiger partial charge in [-0.25, -0.2) is 9.97 Å². The van der Waals surface area contributed by atoms with E-state index in [4.69, 9.17) is 4.74 Å². The Morgan fingerprint density at radius 1 is 0.933 bits per heavy atom. The van der Waals surface area contributed by atoms with Crippen molar-refractivity contribution in [2.45, 2.75) is 31.7 Å². The van der Waals surface area contributed by atoms with Crippen molar-refractivity contribution in [3.63, 3.8) is 0 Å². The summed E-state index contributed by atoms with van der Waals surface area (Å²) in [4.78, 5) is 21.5. The number of carbonyl (C=O) groups is 1. The third kappa shape index (κ3) is 3.99. The van der Waals surface area contributed by atoms with Crippen molar-refractivity contribution in [2.24, 2.45) is 11.8 Å². The molecule has 2 aromatic heterocycles. The lowest BCUT2D eigenvalue weighted by molar-refractivity contribution is 0.0920. The Balaban J connectivity index is 1.26. The fraction of sp³-hybridized carbons (Fsp3) is 0.292. The number of nitrogens with one attached hydrogen (secondary N) is 2. The molecule has 3 atom stereocenters. The predicted octanol–water partition coefficient (Wildman–Crippen LogP) is 4.93. The van der Waals surface area contributed by atoms with Gasteiger partial charge in [-0.05, 0) is 79.6 Å². The molecular weight excluding hydrogens is 376 g/mol. The van der Waals surface area contributed by atoms with E-state index in [0.29, 0.717) is 23.1 Å². The van der Waals surface area contributed by atoms with Gasteiger partial charge in [0.1, 0.15) is 17.1 Å². The SMILES string of the molecule is O=C(N[C@@H]1C[C@H]2CC[C@@H]1C2)c1cccnc1Oc1ccc(Nc2ccccn2)cc1. The zero-order valence-electron chi connectivity index (χ0n) is 16.6. The average Bonchev–Trinajstić information content (AvgIpc) is 3.39. The molecule has 0 saturated heterocycles. The number of benzene rings is 1. The Labute approximate surface area is 175 Å². The summed E-state index contributed by atoms with van der Waals surface area (Å²) in [5.74, 6) is 3.01. The monoisotopic (exact) mass is 400 g/mol. The highest BCUT2D eigenvalue weighted by molar-refractivity contribution is 5.96. The molecule has 1 aromatic carbocycles. The first kappa shape index (κ1) is 18.6. The number of hydrogen-bond acceptors (Lipinski definition) is 5. The van der Waals surface area contributed by atoms with Crippen molar-refractivity contribution in [1.82, 2.24) is 15.3 Å². The number of pyridine rings is 2. The van der Waals surface area contributed by atoms with Crippen LogP contribution in [0.2, 0.25) is 0 Å². The van der Waals surface area contributed by atoms with Gasteiger partial charge in [-0.2, -0.15) is 0 Å². The summed E-state index contributed by atoms with van der Waals surface area (Å²) in [5.41, 5.74) is 1.37. The molecule has 1 amide bonds. The molecule has 6 heteroatoms. The number of rotatable bonds is 6. The van der Waals surface area contributed by atoms with Crippen molar-refractivity contribution >= 4 is 17.4 Å². The lowest BCUT2D eigenvalue weighted by Crippen LogP contribution is -2.38. The number of anilines is 2. The van der Waals surface area contributed by atoms with E-state index in [1.807, 2.05) is 42.5 Å². The second kappa shape index (κ2) is 8.14. The normalized spacial score (nSPS) is 21.9. The number of aromatic nitrogens is 2. The summed E-state index contributed by atoms with van der Waals surface area (Å²) in [7, 11) is 0. The average molecular weight is 400 g/mol. The highest BCUT2D eigenvalue weighted by Gasteiger charge is 2.40. The summed E-state index contributed by atoms with van der Waals surface area (Å²) in [6.45, 7) is 0. The van der Waals surface area contributed by atoms with Crippen LogP contribution in [-0.2, 0) is 0 Å². The third-order valence-corrected chi connectivity index (χ3v) is 6.08. The number of fused-ring (bicyclic) bond motifs is 2. The van der Waals surface area contributed by atoms with Crippen molar-refractivity contribution < 1.29 is 9.53 Å². The fourth-order valence-electron chi connectivity index (χ4n) is 4.62. The molecule has 5 rings (SSSR count). The molecule has 2 saturated carbocycles. The van der Waals surface area contributed by atoms with Crippen LogP contribution in [0.4, 0.5) is 11.5 Å². The van der Waals surface area contributed by atoms with E-state index in [9.17, 15) is 4.79 Å². The molecule has 0 spiro atoms. The molecule has 3 aromatic rings. The van der Waals surface area contributed by atoms with Crippen LogP contribution in [0, 0.1) is 11.8 Å². The van der Waals surface area contributed by atoms with Gasteiger partial charge in [0.15, 0.2) is 0 Å². The lowest BCUT2D eigenvalue weighted by atomic mass is 9.95. The first-order chi connectivity index (χ1) is 14.7. The Kier molecular flexibility index (Phi) is 5.05. The number of carbonyl (C=O) groups excluding carboxylic acids is 1. The Hall–Kier alpha value is -3.41. The van der Waals surface area contributed by atoms with Crippen molar-refractivity contribution in [1.29, 1.82) is 0 Å². The van der Waals surface area contributed by atoms with Crippen LogP contribution in [0.3, 0.4) is 0 Å². The van der Waals surface area contributed by atoms with Gasteiger partial charge in [0.25, 0.3) is 5.91 Å². The van der Waals surface area contributed by atoms with Crippen LogP contribution in [0.1, 0.15) is 36.0 Å². The third-order valence-electron chi connectivity index (χ3n) is 6.08. The van der Waals surface area contributed by atoms with E-state index >= 15 is 0 Å². The quantitative estimate of drug-likeness (QED) is 0.613. The van der Waals surface area contributed by atoms with Gasteiger partial charge < -0.3 is 15.4 Å². The van der Waals surface area contributed by atoms with E-state index in [2.05, 4.69) is 20.6 Å². The molecule has 0 radical (unpaired) electrons. The number of ether oxygens (including phenoxy) is 1. The molecule has 152 valence electrons. The highest BCUT2D eigenvalue weighted by atomic mass is 16.5. The topological polar surface area (TPSA) is 76.1 Å². The van der Waals surface area contributed by atoms with Crippen LogP contribution >= 0.6 is 0 Å². The molecular formula is C24H24N4O2. The summed E-state index contributed by atoms with van der Waals surface area (Å²) in [5, 5.41) is 6.45. The van der Waals surface area contributed by atoms with E-state index in [0.717, 1.165) is 23.8 Å². The van der Waals surface area contributed by atoms with Crippen molar-refractivity contribution in [3.8, 4) is 11.6 Å². The first-order valence-electron chi connectivity index (χ1n) is 10.5. The minimum Gasteiger partial charge on any atom is -0.438 e. The molecule has 0 unspecified atom stereocenters. The molecule has 2 aliphatic carbocycles. The number of nitrogens with zero attached hydrogens (tertiary/aromatic N) is 2. The van der Waals surface area contributed by atoms with Crippen molar-refractivity contribution in [2.75, 3.05) is 5.32 Å². The van der Waals surface area contributed by atoms with E-state index < -0.39 is 0 Å². The predicted molar refractivity (Wildman–Crippen MR) is 115 cm³/mol. The van der Waals surface area contributed by atoms with E-state index in [1.165, 1.54) is 19.3 Å². The maximum absolute atomic E-state index is 12.9. The molecule has 2 N–H and O–H groups in total. The summed E-state index contributed by atoms with van der Waals surface area (Å²) < 4.78 is 5.95. The van der Waals surface area contributed by atoms with Gasteiger partial charge in [-0.15, -0.1) is 0 Å². The van der Waals surface area contributed by atoms with Gasteiger partial charge in [-0.3, -0.25) is 4.79 Å². The van der Waals surface area contributed by atoms with Crippen LogP contribution in [0.25, 0.3) is 0 Å². The van der Waals surface area contributed by atoms with Gasteiger partial charge in [0, 0.05) is 24.1 Å². The largest absolute Gasteiger partial charge is 0.438 e. The second-order valence-electron chi connectivity index (χ2n) is 8.08. The fourth-order valence-corrected chi connectivity index (χ4v) is 4.62. The summed E-state index contributed by atoms with van der Waals surface area (Å²) >= 11 is 0. The highest BCUT2D eigenvalue weighted by Crippen LogP contribution is 2.44. The molecule has 30 heavy (non-hydrogen) atoms. The lowest BCUT2D eigenvalue weighted by Gasteiger charge is -2.23. The minimum absolute atomic E-state index is 0.107. The molecule has 2 bridgehead atoms. The summed E-state index contributed by atoms with van der Waals surface area (Å²) in [6.07, 6.45) is 8.26. The van der Waals surface area contributed by atoms with Crippen molar-refractivity contribution in [3.05, 3.63) is 72.6 Å². The molecule has 2 aliphatic rings. The van der Waals surface area contributed by atoms with Gasteiger partial charge in [0.05, 0.1) is 0 Å². The van der Waals surface area contributed by atoms with Crippen LogP contribution in [0.5, 0.6) is 11.6 Å². The van der Waals surface area contributed by atoms with Crippen LogP contribution in [-0.4, -0.2) is 21.9 Å². The summed E-state index contributed by atoms with van der Waals surface area (Å²) in [6, 6.07) is 17.0. The van der Waals surface area contributed by atoms with Gasteiger partial charge >= 0.3 is 0 Å². The number of hydrogen-bond donors (Lipinski definition) is 2. The zero-order chi connectivity index (χ0) is 20.3. The van der Waals surface area contributed by atoms with Crippen LogP contribution < -0.4 is 15.4 Å². The Bertz CT molecular complexity index is 1020.